The van der Waals surface area contributed by atoms with Crippen molar-refractivity contribution in [2.75, 3.05) is 37.6 Å². The fourth-order valence-electron chi connectivity index (χ4n) is 4.00. The molecule has 31 heavy (non-hydrogen) atoms. The summed E-state index contributed by atoms with van der Waals surface area (Å²) in [5, 5.41) is 2.76. The highest BCUT2D eigenvalue weighted by molar-refractivity contribution is 5.87. The molecule has 0 saturated carbocycles. The Labute approximate surface area is 184 Å². The highest BCUT2D eigenvalue weighted by Crippen LogP contribution is 2.28. The molecule has 1 aromatic carbocycles. The van der Waals surface area contributed by atoms with Gasteiger partial charge in [0.15, 0.2) is 0 Å². The Balaban J connectivity index is 1.67. The van der Waals surface area contributed by atoms with E-state index in [1.54, 1.807) is 9.80 Å². The van der Waals surface area contributed by atoms with Crippen LogP contribution in [-0.4, -0.2) is 72.1 Å². The Morgan fingerprint density at radius 3 is 2.48 bits per heavy atom. The molecule has 2 aliphatic heterocycles. The highest BCUT2D eigenvalue weighted by atomic mass is 16.6. The molecule has 1 fully saturated rings. The van der Waals surface area contributed by atoms with Crippen molar-refractivity contribution in [3.8, 4) is 0 Å². The first kappa shape index (κ1) is 22.9. The topological polar surface area (TPSA) is 82.2 Å². The molecule has 1 N–H and O–H groups in total. The van der Waals surface area contributed by atoms with Crippen LogP contribution < -0.4 is 10.2 Å². The fraction of sp³-hybridized carbons (Fsp3) is 0.609. The van der Waals surface area contributed by atoms with E-state index in [-0.39, 0.29) is 37.0 Å². The first-order chi connectivity index (χ1) is 14.6. The molecule has 0 bridgehead atoms. The maximum absolute atomic E-state index is 12.8. The highest BCUT2D eigenvalue weighted by Gasteiger charge is 2.32. The molecule has 1 saturated heterocycles. The molecule has 1 atom stereocenters. The molecule has 0 radical (unpaired) electrons. The van der Waals surface area contributed by atoms with Gasteiger partial charge in [0.05, 0.1) is 25.7 Å². The number of rotatable bonds is 4. The molecular formula is C23H34N4O4. The third-order valence-electron chi connectivity index (χ3n) is 5.55. The van der Waals surface area contributed by atoms with Crippen molar-refractivity contribution >= 4 is 23.6 Å². The van der Waals surface area contributed by atoms with Gasteiger partial charge < -0.3 is 19.9 Å². The van der Waals surface area contributed by atoms with Crippen molar-refractivity contribution < 1.29 is 19.1 Å². The van der Waals surface area contributed by atoms with Gasteiger partial charge in [0.25, 0.3) is 0 Å². The number of nitrogens with zero attached hydrogens (tertiary/aromatic N) is 3. The number of fused-ring (bicyclic) bond motifs is 1. The Morgan fingerprint density at radius 1 is 1.13 bits per heavy atom. The lowest BCUT2D eigenvalue weighted by Gasteiger charge is -2.31. The summed E-state index contributed by atoms with van der Waals surface area (Å²) in [4.78, 5) is 43.1. The van der Waals surface area contributed by atoms with Crippen LogP contribution in [0, 0.1) is 0 Å². The minimum Gasteiger partial charge on any atom is -0.444 e. The van der Waals surface area contributed by atoms with E-state index in [0.29, 0.717) is 13.1 Å². The number of para-hydroxylation sites is 1. The number of likely N-dealkylation sites (tertiary alicyclic amines) is 1. The van der Waals surface area contributed by atoms with Crippen LogP contribution in [0.5, 0.6) is 0 Å². The molecule has 2 aliphatic rings. The minimum atomic E-state index is -0.579. The molecule has 3 rings (SSSR count). The molecule has 1 aromatic rings. The molecule has 8 heteroatoms. The van der Waals surface area contributed by atoms with Crippen LogP contribution in [0.4, 0.5) is 10.5 Å². The Kier molecular flexibility index (Phi) is 7.08. The average molecular weight is 431 g/mol. The Morgan fingerprint density at radius 2 is 1.81 bits per heavy atom. The van der Waals surface area contributed by atoms with Crippen LogP contribution in [0.2, 0.25) is 0 Å². The van der Waals surface area contributed by atoms with Gasteiger partial charge in [-0.05, 0) is 52.2 Å². The Bertz CT molecular complexity index is 814. The lowest BCUT2D eigenvalue weighted by molar-refractivity contribution is -0.131. The predicted molar refractivity (Wildman–Crippen MR) is 119 cm³/mol. The van der Waals surface area contributed by atoms with Crippen molar-refractivity contribution in [1.82, 2.24) is 15.1 Å². The molecular weight excluding hydrogens is 396 g/mol. The first-order valence-corrected chi connectivity index (χ1v) is 11.0. The second-order valence-corrected chi connectivity index (χ2v) is 9.33. The number of ether oxygens (including phenoxy) is 1. The summed E-state index contributed by atoms with van der Waals surface area (Å²) in [7, 11) is 0. The predicted octanol–water partition coefficient (Wildman–Crippen LogP) is 2.37. The average Bonchev–Trinajstić information content (AvgIpc) is 3.19. The van der Waals surface area contributed by atoms with E-state index in [1.807, 2.05) is 56.9 Å². The zero-order valence-electron chi connectivity index (χ0n) is 19.0. The summed E-state index contributed by atoms with van der Waals surface area (Å²) in [5.74, 6) is -0.244. The summed E-state index contributed by atoms with van der Waals surface area (Å²) in [6.45, 7) is 10.1. The van der Waals surface area contributed by atoms with Crippen molar-refractivity contribution in [2.45, 2.75) is 58.7 Å². The minimum absolute atomic E-state index is 0.0217. The number of anilines is 1. The van der Waals surface area contributed by atoms with E-state index in [0.717, 1.165) is 37.2 Å². The van der Waals surface area contributed by atoms with E-state index < -0.39 is 5.60 Å². The van der Waals surface area contributed by atoms with Crippen molar-refractivity contribution in [2.24, 2.45) is 0 Å². The number of carbonyl (C=O) groups is 3. The summed E-state index contributed by atoms with van der Waals surface area (Å²) >= 11 is 0. The standard InChI is InChI=1S/C23H34N4O4/c1-17-14-26(16-20(28)24-13-21(29)25-11-7-8-12-25)19-10-6-5-9-18(19)15-27(17)22(30)31-23(2,3)4/h5-6,9-10,17H,7-8,11-16H2,1-4H3,(H,24,28)/t17-/m1/s1. The van der Waals surface area contributed by atoms with Gasteiger partial charge in [0.2, 0.25) is 11.8 Å². The zero-order chi connectivity index (χ0) is 22.6. The van der Waals surface area contributed by atoms with Crippen LogP contribution in [-0.2, 0) is 20.9 Å². The van der Waals surface area contributed by atoms with Crippen LogP contribution >= 0.6 is 0 Å². The summed E-state index contributed by atoms with van der Waals surface area (Å²) < 4.78 is 5.60. The van der Waals surface area contributed by atoms with E-state index in [4.69, 9.17) is 4.74 Å². The summed E-state index contributed by atoms with van der Waals surface area (Å²) in [5.41, 5.74) is 1.30. The van der Waals surface area contributed by atoms with Gasteiger partial charge in [0, 0.05) is 25.3 Å². The molecule has 0 aromatic heterocycles. The van der Waals surface area contributed by atoms with Gasteiger partial charge in [-0.25, -0.2) is 4.79 Å². The van der Waals surface area contributed by atoms with Crippen molar-refractivity contribution in [3.05, 3.63) is 29.8 Å². The second-order valence-electron chi connectivity index (χ2n) is 9.33. The molecule has 0 aliphatic carbocycles. The van der Waals surface area contributed by atoms with Crippen LogP contribution in [0.1, 0.15) is 46.1 Å². The fourth-order valence-corrected chi connectivity index (χ4v) is 4.00. The van der Waals surface area contributed by atoms with E-state index in [2.05, 4.69) is 5.32 Å². The molecule has 0 spiro atoms. The van der Waals surface area contributed by atoms with Gasteiger partial charge in [-0.15, -0.1) is 0 Å². The number of hydrogen-bond donors (Lipinski definition) is 1. The summed E-state index contributed by atoms with van der Waals surface area (Å²) in [6, 6.07) is 7.63. The largest absolute Gasteiger partial charge is 0.444 e. The van der Waals surface area contributed by atoms with Gasteiger partial charge in [-0.2, -0.15) is 0 Å². The summed E-state index contributed by atoms with van der Waals surface area (Å²) in [6.07, 6.45) is 1.68. The number of benzene rings is 1. The molecule has 170 valence electrons. The zero-order valence-corrected chi connectivity index (χ0v) is 19.0. The third kappa shape index (κ3) is 6.12. The molecule has 8 nitrogen and oxygen atoms in total. The number of nitrogens with one attached hydrogen (secondary N) is 1. The van der Waals surface area contributed by atoms with Gasteiger partial charge >= 0.3 is 6.09 Å². The number of carbonyl (C=O) groups excluding carboxylic acids is 3. The van der Waals surface area contributed by atoms with E-state index >= 15 is 0 Å². The lowest BCUT2D eigenvalue weighted by atomic mass is 10.1. The van der Waals surface area contributed by atoms with Gasteiger partial charge in [0.1, 0.15) is 5.60 Å². The van der Waals surface area contributed by atoms with Gasteiger partial charge in [-0.3, -0.25) is 14.5 Å². The third-order valence-corrected chi connectivity index (χ3v) is 5.55. The Hall–Kier alpha value is -2.77. The lowest BCUT2D eigenvalue weighted by Crippen LogP contribution is -2.47. The van der Waals surface area contributed by atoms with E-state index in [9.17, 15) is 14.4 Å². The maximum Gasteiger partial charge on any atom is 0.410 e. The van der Waals surface area contributed by atoms with Crippen LogP contribution in [0.15, 0.2) is 24.3 Å². The van der Waals surface area contributed by atoms with Gasteiger partial charge in [-0.1, -0.05) is 18.2 Å². The normalized spacial score (nSPS) is 19.0. The smallest absolute Gasteiger partial charge is 0.410 e. The van der Waals surface area contributed by atoms with Crippen molar-refractivity contribution in [3.63, 3.8) is 0 Å². The first-order valence-electron chi connectivity index (χ1n) is 11.0. The van der Waals surface area contributed by atoms with E-state index in [1.165, 1.54) is 0 Å². The SMILES string of the molecule is C[C@@H]1CN(CC(=O)NCC(=O)N2CCCC2)c2ccccc2CN1C(=O)OC(C)(C)C. The molecule has 2 heterocycles. The van der Waals surface area contributed by atoms with Crippen LogP contribution in [0.3, 0.4) is 0 Å². The van der Waals surface area contributed by atoms with Crippen molar-refractivity contribution in [1.29, 1.82) is 0 Å². The quantitative estimate of drug-likeness (QED) is 0.793. The molecule has 0 unspecified atom stereocenters. The molecule has 3 amide bonds. The van der Waals surface area contributed by atoms with Crippen LogP contribution in [0.25, 0.3) is 0 Å². The number of hydrogen-bond acceptors (Lipinski definition) is 5. The monoisotopic (exact) mass is 430 g/mol. The maximum atomic E-state index is 12.8. The number of amides is 3. The second kappa shape index (κ2) is 9.58.